The molecule has 13 heteroatoms. The second-order valence-electron chi connectivity index (χ2n) is 5.15. The summed E-state index contributed by atoms with van der Waals surface area (Å²) in [6, 6.07) is 0.143. The average Bonchev–Trinajstić information content (AvgIpc) is 2.43. The highest BCUT2D eigenvalue weighted by Crippen LogP contribution is 2.50. The van der Waals surface area contributed by atoms with Crippen LogP contribution in [0.1, 0.15) is 12.6 Å². The third-order valence-electron chi connectivity index (χ3n) is 3.37. The number of nitrogen functional groups attached to an aromatic ring is 1. The molecule has 2 atom stereocenters. The molecule has 0 spiro atoms. The lowest BCUT2D eigenvalue weighted by Crippen LogP contribution is -2.62. The fourth-order valence-corrected chi connectivity index (χ4v) is 2.18. The number of pyridine rings is 1. The van der Waals surface area contributed by atoms with Crippen LogP contribution in [-0.2, 0) is 10.3 Å². The molecule has 4 N–H and O–H groups in total. The predicted octanol–water partition coefficient (Wildman–Crippen LogP) is 2.24. The molecule has 1 amide bonds. The van der Waals surface area contributed by atoms with Crippen molar-refractivity contribution in [2.45, 2.75) is 30.7 Å². The van der Waals surface area contributed by atoms with E-state index in [-0.39, 0.29) is 0 Å². The Morgan fingerprint density at radius 2 is 2.00 bits per heavy atom. The predicted molar refractivity (Wildman–Crippen MR) is 70.4 cm³/mol. The summed E-state index contributed by atoms with van der Waals surface area (Å²) >= 11 is 0. The van der Waals surface area contributed by atoms with Gasteiger partial charge in [0.05, 0.1) is 0 Å². The zero-order valence-corrected chi connectivity index (χ0v) is 12.2. The van der Waals surface area contributed by atoms with Gasteiger partial charge in [0.1, 0.15) is 17.3 Å². The summed E-state index contributed by atoms with van der Waals surface area (Å²) in [4.78, 5) is 17.1. The van der Waals surface area contributed by atoms with Crippen LogP contribution in [-0.4, -0.2) is 40.4 Å². The van der Waals surface area contributed by atoms with Gasteiger partial charge in [0.25, 0.3) is 12.1 Å². The maximum absolute atomic E-state index is 14.5. The minimum atomic E-state index is -5.62. The van der Waals surface area contributed by atoms with Gasteiger partial charge in [0.15, 0.2) is 5.54 Å². The molecule has 7 nitrogen and oxygen atoms in total. The van der Waals surface area contributed by atoms with Gasteiger partial charge in [0, 0.05) is 0 Å². The molecule has 1 aromatic heterocycles. The third kappa shape index (κ3) is 3.13. The van der Waals surface area contributed by atoms with Crippen molar-refractivity contribution in [3.05, 3.63) is 23.6 Å². The number of alkyl halides is 5. The minimum Gasteiger partial charge on any atom is -0.465 e. The molecule has 138 valence electrons. The van der Waals surface area contributed by atoms with Crippen LogP contribution in [0.15, 0.2) is 17.1 Å². The molecular formula is C12H10F6N4O3. The van der Waals surface area contributed by atoms with Crippen molar-refractivity contribution in [2.75, 3.05) is 5.73 Å². The number of nitrogens with one attached hydrogen (secondary N) is 1. The number of carbonyl (C=O) groups is 1. The lowest BCUT2D eigenvalue weighted by atomic mass is 9.84. The number of nitrogens with two attached hydrogens (primary N) is 1. The molecular weight excluding hydrogens is 362 g/mol. The summed E-state index contributed by atoms with van der Waals surface area (Å²) in [7, 11) is 0. The summed E-state index contributed by atoms with van der Waals surface area (Å²) in [5.74, 6) is -6.69. The minimum absolute atomic E-state index is 0.452. The van der Waals surface area contributed by atoms with E-state index in [2.05, 4.69) is 14.7 Å². The van der Waals surface area contributed by atoms with E-state index in [9.17, 15) is 31.1 Å². The Hall–Kier alpha value is -2.73. The van der Waals surface area contributed by atoms with Gasteiger partial charge in [-0.1, -0.05) is 0 Å². The first-order chi connectivity index (χ1) is 11.3. The number of halogens is 6. The first-order valence-electron chi connectivity index (χ1n) is 6.42. The fourth-order valence-electron chi connectivity index (χ4n) is 2.18. The zero-order chi connectivity index (χ0) is 19.2. The summed E-state index contributed by atoms with van der Waals surface area (Å²) in [6.45, 7) is 0.461. The lowest BCUT2D eigenvalue weighted by molar-refractivity contribution is -0.288. The molecule has 0 fully saturated rings. The number of hydrogen-bond donors (Lipinski definition) is 3. The topological polar surface area (TPSA) is 110 Å². The van der Waals surface area contributed by atoms with Crippen molar-refractivity contribution < 1.29 is 41.0 Å². The summed E-state index contributed by atoms with van der Waals surface area (Å²) in [5, 5.41) is 9.88. The van der Waals surface area contributed by atoms with E-state index in [0.717, 1.165) is 6.07 Å². The molecule has 1 aliphatic heterocycles. The second-order valence-corrected chi connectivity index (χ2v) is 5.15. The maximum Gasteiger partial charge on any atom is 0.431 e. The number of hydrogen-bond acceptors (Lipinski definition) is 5. The zero-order valence-electron chi connectivity index (χ0n) is 12.2. The Kier molecular flexibility index (Phi) is 4.22. The van der Waals surface area contributed by atoms with Crippen LogP contribution < -0.4 is 11.1 Å². The number of nitrogens with zero attached hydrogens (tertiary/aromatic N) is 2. The van der Waals surface area contributed by atoms with E-state index in [1.165, 1.54) is 5.32 Å². The highest BCUT2D eigenvalue weighted by molar-refractivity contribution is 5.90. The second kappa shape index (κ2) is 5.67. The molecule has 0 saturated heterocycles. The van der Waals surface area contributed by atoms with Crippen LogP contribution in [0, 0.1) is 5.82 Å². The quantitative estimate of drug-likeness (QED) is 0.655. The summed E-state index contributed by atoms with van der Waals surface area (Å²) in [5.41, 5.74) is 0.841. The van der Waals surface area contributed by atoms with Crippen LogP contribution in [0.25, 0.3) is 0 Å². The molecule has 1 aliphatic rings. The summed E-state index contributed by atoms with van der Waals surface area (Å²) < 4.78 is 86.1. The standard InChI is InChI=1S/C12H10F6N4O3/c1-10(6-4(13)2-3-5(19)20-6)11(14,15)7(12(16,17)18)25-8(22-10)21-9(23)24/h2-3,7H,1H3,(H2,19,20)(H,21,22)(H,23,24)/t7-,10-/m1/s1. The van der Waals surface area contributed by atoms with Gasteiger partial charge in [-0.25, -0.2) is 24.5 Å². The van der Waals surface area contributed by atoms with E-state index >= 15 is 0 Å². The number of amidine groups is 1. The molecule has 25 heavy (non-hydrogen) atoms. The molecule has 0 radical (unpaired) electrons. The van der Waals surface area contributed by atoms with Gasteiger partial charge in [-0.3, -0.25) is 0 Å². The van der Waals surface area contributed by atoms with Gasteiger partial charge in [-0.2, -0.15) is 22.0 Å². The Labute approximate surface area is 135 Å². The van der Waals surface area contributed by atoms with E-state index in [4.69, 9.17) is 10.8 Å². The van der Waals surface area contributed by atoms with E-state index in [1.807, 2.05) is 0 Å². The van der Waals surface area contributed by atoms with Crippen LogP contribution in [0.4, 0.5) is 37.0 Å². The SMILES string of the molecule is C[C@]1(c2nc(N)ccc2F)N=C(NC(=O)O)O[C@@H](C(F)(F)F)C1(F)F. The molecule has 2 rings (SSSR count). The highest BCUT2D eigenvalue weighted by Gasteiger charge is 2.70. The summed E-state index contributed by atoms with van der Waals surface area (Å²) in [6.07, 6.45) is -11.3. The molecule has 1 aromatic rings. The van der Waals surface area contributed by atoms with Crippen LogP contribution in [0.5, 0.6) is 0 Å². The van der Waals surface area contributed by atoms with Gasteiger partial charge < -0.3 is 15.6 Å². The molecule has 0 aliphatic carbocycles. The monoisotopic (exact) mass is 372 g/mol. The number of anilines is 1. The van der Waals surface area contributed by atoms with E-state index in [1.54, 1.807) is 0 Å². The highest BCUT2D eigenvalue weighted by atomic mass is 19.4. The molecule has 0 saturated carbocycles. The normalized spacial score (nSPS) is 25.7. The van der Waals surface area contributed by atoms with Gasteiger partial charge in [0.2, 0.25) is 0 Å². The van der Waals surface area contributed by atoms with Gasteiger partial charge in [-0.15, -0.1) is 0 Å². The molecule has 2 heterocycles. The van der Waals surface area contributed by atoms with Gasteiger partial charge >= 0.3 is 18.2 Å². The smallest absolute Gasteiger partial charge is 0.431 e. The first kappa shape index (κ1) is 18.6. The number of amides is 1. The fraction of sp³-hybridized carbons (Fsp3) is 0.417. The average molecular weight is 372 g/mol. The number of aliphatic imine (C=N–C) groups is 1. The Morgan fingerprint density at radius 3 is 2.52 bits per heavy atom. The molecule has 0 aromatic carbocycles. The van der Waals surface area contributed by atoms with E-state index in [0.29, 0.717) is 13.0 Å². The van der Waals surface area contributed by atoms with Crippen molar-refractivity contribution in [1.82, 2.24) is 10.3 Å². The van der Waals surface area contributed by atoms with Crippen molar-refractivity contribution >= 4 is 17.9 Å². The van der Waals surface area contributed by atoms with Crippen LogP contribution >= 0.6 is 0 Å². The number of aromatic nitrogens is 1. The van der Waals surface area contributed by atoms with Gasteiger partial charge in [-0.05, 0) is 19.1 Å². The number of rotatable bonds is 1. The molecule has 0 bridgehead atoms. The largest absolute Gasteiger partial charge is 0.465 e. The first-order valence-corrected chi connectivity index (χ1v) is 6.42. The Morgan fingerprint density at radius 1 is 1.40 bits per heavy atom. The third-order valence-corrected chi connectivity index (χ3v) is 3.37. The van der Waals surface area contributed by atoms with Crippen molar-refractivity contribution in [1.29, 1.82) is 0 Å². The van der Waals surface area contributed by atoms with Crippen molar-refractivity contribution in [3.8, 4) is 0 Å². The van der Waals surface area contributed by atoms with Crippen LogP contribution in [0.2, 0.25) is 0 Å². The van der Waals surface area contributed by atoms with Crippen LogP contribution in [0.3, 0.4) is 0 Å². The van der Waals surface area contributed by atoms with E-state index < -0.39 is 53.2 Å². The van der Waals surface area contributed by atoms with Crippen molar-refractivity contribution in [3.63, 3.8) is 0 Å². The molecule has 0 unspecified atom stereocenters. The Balaban J connectivity index is 2.73. The Bertz CT molecular complexity index is 738. The number of ether oxygens (including phenoxy) is 1. The lowest BCUT2D eigenvalue weighted by Gasteiger charge is -2.42. The van der Waals surface area contributed by atoms with Crippen molar-refractivity contribution in [2.24, 2.45) is 4.99 Å². The maximum atomic E-state index is 14.5. The number of carboxylic acid groups (broad SMARTS) is 1.